The van der Waals surface area contributed by atoms with Crippen molar-refractivity contribution in [3.63, 3.8) is 0 Å². The molecule has 0 spiro atoms. The van der Waals surface area contributed by atoms with E-state index in [1.165, 1.54) is 22.3 Å². The molecule has 0 aliphatic carbocycles. The summed E-state index contributed by atoms with van der Waals surface area (Å²) in [4.78, 5) is 0. The standard InChI is InChI=1S/C32H28N2/c1-24-12-14-25(15-13-24)32(26-16-20-30(21-17-26)33-28-8-4-2-5-9-28)27-18-22-31(23-19-27)34-29-10-6-3-7-11-29/h2-23,32-34H,1H3. The van der Waals surface area contributed by atoms with Crippen LogP contribution in [0.4, 0.5) is 22.7 Å². The molecule has 0 unspecified atom stereocenters. The van der Waals surface area contributed by atoms with Gasteiger partial charge >= 0.3 is 0 Å². The van der Waals surface area contributed by atoms with Gasteiger partial charge in [0, 0.05) is 28.7 Å². The average molecular weight is 441 g/mol. The van der Waals surface area contributed by atoms with Crippen LogP contribution in [0.2, 0.25) is 0 Å². The molecule has 166 valence electrons. The highest BCUT2D eigenvalue weighted by Crippen LogP contribution is 2.34. The van der Waals surface area contributed by atoms with Crippen LogP contribution in [-0.2, 0) is 0 Å². The highest BCUT2D eigenvalue weighted by Gasteiger charge is 2.17. The Bertz CT molecular complexity index is 1220. The van der Waals surface area contributed by atoms with Crippen LogP contribution in [0.25, 0.3) is 0 Å². The lowest BCUT2D eigenvalue weighted by Crippen LogP contribution is -2.04. The summed E-state index contributed by atoms with van der Waals surface area (Å²) in [5.41, 5.74) is 9.45. The number of anilines is 4. The zero-order valence-corrected chi connectivity index (χ0v) is 19.3. The summed E-state index contributed by atoms with van der Waals surface area (Å²) in [6, 6.07) is 47.0. The molecule has 0 saturated heterocycles. The van der Waals surface area contributed by atoms with E-state index >= 15 is 0 Å². The van der Waals surface area contributed by atoms with Crippen molar-refractivity contribution in [3.05, 3.63) is 156 Å². The van der Waals surface area contributed by atoms with Crippen molar-refractivity contribution in [2.45, 2.75) is 12.8 Å². The van der Waals surface area contributed by atoms with Gasteiger partial charge in [-0.2, -0.15) is 0 Å². The van der Waals surface area contributed by atoms with Crippen molar-refractivity contribution >= 4 is 22.7 Å². The molecule has 0 saturated carbocycles. The molecule has 2 nitrogen and oxygen atoms in total. The first-order chi connectivity index (χ1) is 16.7. The SMILES string of the molecule is Cc1ccc(C(c2ccc(Nc3ccccc3)cc2)c2ccc(Nc3ccccc3)cc2)cc1. The Hall–Kier alpha value is -4.30. The van der Waals surface area contributed by atoms with Gasteiger partial charge in [0.05, 0.1) is 0 Å². The molecule has 2 heteroatoms. The van der Waals surface area contributed by atoms with Crippen LogP contribution in [0.3, 0.4) is 0 Å². The van der Waals surface area contributed by atoms with E-state index in [-0.39, 0.29) is 5.92 Å². The second-order valence-electron chi connectivity index (χ2n) is 8.57. The molecule has 0 fully saturated rings. The van der Waals surface area contributed by atoms with Gasteiger partial charge in [0.15, 0.2) is 0 Å². The fourth-order valence-corrected chi connectivity index (χ4v) is 4.23. The monoisotopic (exact) mass is 440 g/mol. The number of hydrogen-bond acceptors (Lipinski definition) is 2. The number of rotatable bonds is 7. The molecule has 0 bridgehead atoms. The number of para-hydroxylation sites is 2. The van der Waals surface area contributed by atoms with E-state index < -0.39 is 0 Å². The van der Waals surface area contributed by atoms with Crippen molar-refractivity contribution in [1.82, 2.24) is 0 Å². The Balaban J connectivity index is 1.43. The Kier molecular flexibility index (Phi) is 6.40. The fraction of sp³-hybridized carbons (Fsp3) is 0.0625. The number of benzene rings is 5. The minimum Gasteiger partial charge on any atom is -0.356 e. The maximum atomic E-state index is 3.48. The molecular formula is C32H28N2. The van der Waals surface area contributed by atoms with Crippen molar-refractivity contribution in [3.8, 4) is 0 Å². The zero-order chi connectivity index (χ0) is 23.2. The van der Waals surface area contributed by atoms with Crippen molar-refractivity contribution < 1.29 is 0 Å². The number of aryl methyl sites for hydroxylation is 1. The van der Waals surface area contributed by atoms with E-state index in [0.29, 0.717) is 0 Å². The first-order valence-electron chi connectivity index (χ1n) is 11.7. The lowest BCUT2D eigenvalue weighted by Gasteiger charge is -2.20. The Labute approximate surface area is 201 Å². The first-order valence-corrected chi connectivity index (χ1v) is 11.7. The molecule has 5 rings (SSSR count). The minimum atomic E-state index is 0.164. The average Bonchev–Trinajstić information content (AvgIpc) is 2.89. The van der Waals surface area contributed by atoms with Crippen molar-refractivity contribution in [2.24, 2.45) is 0 Å². The predicted molar refractivity (Wildman–Crippen MR) is 144 cm³/mol. The third-order valence-corrected chi connectivity index (χ3v) is 6.02. The molecule has 0 amide bonds. The lowest BCUT2D eigenvalue weighted by molar-refractivity contribution is 0.976. The van der Waals surface area contributed by atoms with Gasteiger partial charge in [-0.1, -0.05) is 90.5 Å². The van der Waals surface area contributed by atoms with E-state index in [9.17, 15) is 0 Å². The third kappa shape index (κ3) is 5.19. The van der Waals surface area contributed by atoms with Gasteiger partial charge in [-0.05, 0) is 72.1 Å². The van der Waals surface area contributed by atoms with Crippen LogP contribution in [0, 0.1) is 6.92 Å². The summed E-state index contributed by atoms with van der Waals surface area (Å²) in [5, 5.41) is 6.96. The van der Waals surface area contributed by atoms with Gasteiger partial charge in [0.2, 0.25) is 0 Å². The normalized spacial score (nSPS) is 10.8. The molecule has 0 heterocycles. The van der Waals surface area contributed by atoms with E-state index in [0.717, 1.165) is 22.7 Å². The molecule has 5 aromatic carbocycles. The predicted octanol–water partition coefficient (Wildman–Crippen LogP) is 8.66. The van der Waals surface area contributed by atoms with Gasteiger partial charge in [-0.25, -0.2) is 0 Å². The number of nitrogens with one attached hydrogen (secondary N) is 2. The molecular weight excluding hydrogens is 412 g/mol. The zero-order valence-electron chi connectivity index (χ0n) is 19.3. The Morgan fingerprint density at radius 3 is 1.09 bits per heavy atom. The van der Waals surface area contributed by atoms with Crippen LogP contribution < -0.4 is 10.6 Å². The maximum absolute atomic E-state index is 3.48. The largest absolute Gasteiger partial charge is 0.356 e. The van der Waals surface area contributed by atoms with Crippen LogP contribution >= 0.6 is 0 Å². The first kappa shape index (κ1) is 21.5. The third-order valence-electron chi connectivity index (χ3n) is 6.02. The summed E-state index contributed by atoms with van der Waals surface area (Å²) < 4.78 is 0. The fourth-order valence-electron chi connectivity index (χ4n) is 4.23. The second kappa shape index (κ2) is 10.1. The molecule has 0 atom stereocenters. The van der Waals surface area contributed by atoms with Crippen molar-refractivity contribution in [1.29, 1.82) is 0 Å². The minimum absolute atomic E-state index is 0.164. The summed E-state index contributed by atoms with van der Waals surface area (Å²) >= 11 is 0. The molecule has 0 aromatic heterocycles. The van der Waals surface area contributed by atoms with E-state index in [1.54, 1.807) is 0 Å². The van der Waals surface area contributed by atoms with E-state index in [1.807, 2.05) is 36.4 Å². The van der Waals surface area contributed by atoms with Gasteiger partial charge in [-0.15, -0.1) is 0 Å². The van der Waals surface area contributed by atoms with E-state index in [2.05, 4.69) is 115 Å². The van der Waals surface area contributed by atoms with Crippen LogP contribution in [0.1, 0.15) is 28.2 Å². The van der Waals surface area contributed by atoms with Crippen LogP contribution in [0.15, 0.2) is 133 Å². The van der Waals surface area contributed by atoms with Gasteiger partial charge in [-0.3, -0.25) is 0 Å². The smallest absolute Gasteiger partial charge is 0.0384 e. The maximum Gasteiger partial charge on any atom is 0.0384 e. The highest BCUT2D eigenvalue weighted by atomic mass is 14.9. The van der Waals surface area contributed by atoms with Gasteiger partial charge in [0.1, 0.15) is 0 Å². The summed E-state index contributed by atoms with van der Waals surface area (Å²) in [7, 11) is 0. The Morgan fingerprint density at radius 2 is 0.706 bits per heavy atom. The molecule has 2 N–H and O–H groups in total. The summed E-state index contributed by atoms with van der Waals surface area (Å²) in [5.74, 6) is 0.164. The molecule has 34 heavy (non-hydrogen) atoms. The van der Waals surface area contributed by atoms with Crippen LogP contribution in [0.5, 0.6) is 0 Å². The quantitative estimate of drug-likeness (QED) is 0.247. The molecule has 0 radical (unpaired) electrons. The topological polar surface area (TPSA) is 24.1 Å². The lowest BCUT2D eigenvalue weighted by atomic mass is 9.84. The summed E-state index contributed by atoms with van der Waals surface area (Å²) in [6.07, 6.45) is 0. The highest BCUT2D eigenvalue weighted by molar-refractivity contribution is 5.62. The van der Waals surface area contributed by atoms with Gasteiger partial charge in [0.25, 0.3) is 0 Å². The molecule has 5 aromatic rings. The van der Waals surface area contributed by atoms with Crippen LogP contribution in [-0.4, -0.2) is 0 Å². The van der Waals surface area contributed by atoms with Gasteiger partial charge < -0.3 is 10.6 Å². The summed E-state index contributed by atoms with van der Waals surface area (Å²) in [6.45, 7) is 2.13. The number of hydrogen-bond donors (Lipinski definition) is 2. The molecule has 0 aliphatic heterocycles. The van der Waals surface area contributed by atoms with Crippen molar-refractivity contribution in [2.75, 3.05) is 10.6 Å². The second-order valence-corrected chi connectivity index (χ2v) is 8.57. The Morgan fingerprint density at radius 1 is 0.382 bits per heavy atom. The molecule has 0 aliphatic rings. The van der Waals surface area contributed by atoms with E-state index in [4.69, 9.17) is 0 Å².